The van der Waals surface area contributed by atoms with Crippen LogP contribution in [0.25, 0.3) is 0 Å². The summed E-state index contributed by atoms with van der Waals surface area (Å²) in [6.07, 6.45) is 9.89. The molecule has 0 aliphatic carbocycles. The van der Waals surface area contributed by atoms with Crippen LogP contribution in [0, 0.1) is 0 Å². The molecule has 0 atom stereocenters. The molecule has 0 saturated carbocycles. The van der Waals surface area contributed by atoms with Crippen molar-refractivity contribution >= 4 is 0 Å². The highest BCUT2D eigenvalue weighted by Gasteiger charge is 2.08. The number of morpholine rings is 1. The van der Waals surface area contributed by atoms with Gasteiger partial charge in [-0.25, -0.2) is 0 Å². The summed E-state index contributed by atoms with van der Waals surface area (Å²) in [6, 6.07) is 0. The lowest BCUT2D eigenvalue weighted by Gasteiger charge is -2.26. The summed E-state index contributed by atoms with van der Waals surface area (Å²) in [5, 5.41) is 0. The van der Waals surface area contributed by atoms with Crippen molar-refractivity contribution in [2.75, 3.05) is 32.8 Å². The van der Waals surface area contributed by atoms with Crippen LogP contribution in [0.2, 0.25) is 0 Å². The molecule has 0 aromatic rings. The lowest BCUT2D eigenvalue weighted by molar-refractivity contribution is 0.0371. The second-order valence-electron chi connectivity index (χ2n) is 4.58. The molecule has 0 bridgehead atoms. The van der Waals surface area contributed by atoms with Gasteiger partial charge < -0.3 is 4.74 Å². The van der Waals surface area contributed by atoms with Crippen LogP contribution in [0.3, 0.4) is 0 Å². The van der Waals surface area contributed by atoms with E-state index < -0.39 is 0 Å². The van der Waals surface area contributed by atoms with Crippen molar-refractivity contribution < 1.29 is 4.74 Å². The van der Waals surface area contributed by atoms with Gasteiger partial charge in [-0.3, -0.25) is 4.90 Å². The van der Waals surface area contributed by atoms with Crippen molar-refractivity contribution in [3.8, 4) is 0 Å². The van der Waals surface area contributed by atoms with Crippen LogP contribution in [0.1, 0.15) is 51.9 Å². The van der Waals surface area contributed by atoms with Gasteiger partial charge >= 0.3 is 0 Å². The summed E-state index contributed by atoms with van der Waals surface area (Å²) >= 11 is 0. The van der Waals surface area contributed by atoms with E-state index in [1.807, 2.05) is 0 Å². The Kier molecular flexibility index (Phi) is 7.94. The van der Waals surface area contributed by atoms with Gasteiger partial charge in [0.05, 0.1) is 13.2 Å². The molecule has 0 aromatic carbocycles. The zero-order valence-corrected chi connectivity index (χ0v) is 10.3. The monoisotopic (exact) mass is 213 g/mol. The number of rotatable bonds is 8. The maximum Gasteiger partial charge on any atom is 0.0594 e. The standard InChI is InChI=1S/C13H27NO/c1-2-3-4-5-6-7-8-9-14-10-12-15-13-11-14/h2-13H2,1H3. The highest BCUT2D eigenvalue weighted by molar-refractivity contribution is 4.61. The van der Waals surface area contributed by atoms with Crippen molar-refractivity contribution in [2.24, 2.45) is 0 Å². The van der Waals surface area contributed by atoms with Gasteiger partial charge in [-0.2, -0.15) is 0 Å². The maximum absolute atomic E-state index is 5.33. The van der Waals surface area contributed by atoms with Crippen molar-refractivity contribution in [1.82, 2.24) is 4.90 Å². The molecule has 0 unspecified atom stereocenters. The average molecular weight is 213 g/mol. The average Bonchev–Trinajstić information content (AvgIpc) is 2.29. The quantitative estimate of drug-likeness (QED) is 0.575. The number of unbranched alkanes of at least 4 members (excludes halogenated alkanes) is 6. The molecule has 0 amide bonds. The van der Waals surface area contributed by atoms with Crippen LogP contribution < -0.4 is 0 Å². The molecule has 2 nitrogen and oxygen atoms in total. The maximum atomic E-state index is 5.33. The molecule has 1 aliphatic rings. The molecule has 2 heteroatoms. The van der Waals surface area contributed by atoms with Crippen molar-refractivity contribution in [3.63, 3.8) is 0 Å². The summed E-state index contributed by atoms with van der Waals surface area (Å²) in [6.45, 7) is 7.74. The van der Waals surface area contributed by atoms with E-state index in [1.165, 1.54) is 51.5 Å². The first-order valence-corrected chi connectivity index (χ1v) is 6.73. The highest BCUT2D eigenvalue weighted by atomic mass is 16.5. The van der Waals surface area contributed by atoms with E-state index in [9.17, 15) is 0 Å². The Balaban J connectivity index is 1.79. The van der Waals surface area contributed by atoms with E-state index >= 15 is 0 Å². The minimum atomic E-state index is 0.941. The summed E-state index contributed by atoms with van der Waals surface area (Å²) in [7, 11) is 0. The van der Waals surface area contributed by atoms with E-state index in [-0.39, 0.29) is 0 Å². The third-order valence-electron chi connectivity index (χ3n) is 3.18. The number of nitrogens with zero attached hydrogens (tertiary/aromatic N) is 1. The molecule has 90 valence electrons. The molecular weight excluding hydrogens is 186 g/mol. The Morgan fingerprint density at radius 2 is 1.47 bits per heavy atom. The van der Waals surface area contributed by atoms with Crippen LogP contribution in [-0.2, 0) is 4.74 Å². The summed E-state index contributed by atoms with van der Waals surface area (Å²) in [5.41, 5.74) is 0. The second kappa shape index (κ2) is 9.17. The fourth-order valence-electron chi connectivity index (χ4n) is 2.12. The van der Waals surface area contributed by atoms with Crippen LogP contribution in [0.15, 0.2) is 0 Å². The molecule has 1 aliphatic heterocycles. The Bertz CT molecular complexity index is 132. The number of ether oxygens (including phenoxy) is 1. The molecule has 0 N–H and O–H groups in total. The normalized spacial score (nSPS) is 18.2. The highest BCUT2D eigenvalue weighted by Crippen LogP contribution is 2.08. The van der Waals surface area contributed by atoms with Gasteiger partial charge in [-0.1, -0.05) is 45.4 Å². The van der Waals surface area contributed by atoms with Crippen LogP contribution in [0.5, 0.6) is 0 Å². The molecular formula is C13H27NO. The Morgan fingerprint density at radius 1 is 0.867 bits per heavy atom. The number of hydrogen-bond donors (Lipinski definition) is 0. The van der Waals surface area contributed by atoms with Crippen LogP contribution in [0.4, 0.5) is 0 Å². The summed E-state index contributed by atoms with van der Waals surface area (Å²) in [5.74, 6) is 0. The Hall–Kier alpha value is -0.0800. The Labute approximate surface area is 95.0 Å². The van der Waals surface area contributed by atoms with E-state index in [2.05, 4.69) is 11.8 Å². The lowest BCUT2D eigenvalue weighted by atomic mass is 10.1. The smallest absolute Gasteiger partial charge is 0.0594 e. The number of hydrogen-bond acceptors (Lipinski definition) is 2. The first-order valence-electron chi connectivity index (χ1n) is 6.73. The summed E-state index contributed by atoms with van der Waals surface area (Å²) in [4.78, 5) is 2.54. The zero-order chi connectivity index (χ0) is 10.8. The van der Waals surface area contributed by atoms with E-state index in [1.54, 1.807) is 0 Å². The van der Waals surface area contributed by atoms with Gasteiger partial charge in [0.25, 0.3) is 0 Å². The zero-order valence-electron chi connectivity index (χ0n) is 10.3. The molecule has 0 aromatic heterocycles. The van der Waals surface area contributed by atoms with E-state index in [4.69, 9.17) is 4.74 Å². The second-order valence-corrected chi connectivity index (χ2v) is 4.58. The molecule has 1 fully saturated rings. The van der Waals surface area contributed by atoms with Gasteiger partial charge in [-0.15, -0.1) is 0 Å². The van der Waals surface area contributed by atoms with Crippen molar-refractivity contribution in [3.05, 3.63) is 0 Å². The predicted molar refractivity (Wildman–Crippen MR) is 65.3 cm³/mol. The lowest BCUT2D eigenvalue weighted by Crippen LogP contribution is -2.36. The molecule has 0 spiro atoms. The minimum absolute atomic E-state index is 0.941. The van der Waals surface area contributed by atoms with E-state index in [0.717, 1.165) is 26.3 Å². The first kappa shape index (κ1) is 13.0. The van der Waals surface area contributed by atoms with Crippen molar-refractivity contribution in [2.45, 2.75) is 51.9 Å². The first-order chi connectivity index (χ1) is 7.43. The van der Waals surface area contributed by atoms with Gasteiger partial charge in [0.1, 0.15) is 0 Å². The largest absolute Gasteiger partial charge is 0.379 e. The SMILES string of the molecule is CCCCCCCCCN1CCOCC1. The molecule has 0 radical (unpaired) electrons. The topological polar surface area (TPSA) is 12.5 Å². The van der Waals surface area contributed by atoms with Crippen LogP contribution >= 0.6 is 0 Å². The van der Waals surface area contributed by atoms with Gasteiger partial charge in [0, 0.05) is 13.1 Å². The van der Waals surface area contributed by atoms with Gasteiger partial charge in [0.2, 0.25) is 0 Å². The van der Waals surface area contributed by atoms with Gasteiger partial charge in [-0.05, 0) is 13.0 Å². The predicted octanol–water partition coefficient (Wildman–Crippen LogP) is 3.07. The third kappa shape index (κ3) is 6.91. The summed E-state index contributed by atoms with van der Waals surface area (Å²) < 4.78 is 5.33. The fourth-order valence-corrected chi connectivity index (χ4v) is 2.12. The van der Waals surface area contributed by atoms with Crippen molar-refractivity contribution in [1.29, 1.82) is 0 Å². The molecule has 15 heavy (non-hydrogen) atoms. The molecule has 1 saturated heterocycles. The molecule has 1 rings (SSSR count). The Morgan fingerprint density at radius 3 is 2.13 bits per heavy atom. The minimum Gasteiger partial charge on any atom is -0.379 e. The van der Waals surface area contributed by atoms with Crippen LogP contribution in [-0.4, -0.2) is 37.7 Å². The molecule has 1 heterocycles. The van der Waals surface area contributed by atoms with E-state index in [0.29, 0.717) is 0 Å². The van der Waals surface area contributed by atoms with Gasteiger partial charge in [0.15, 0.2) is 0 Å². The third-order valence-corrected chi connectivity index (χ3v) is 3.18. The fraction of sp³-hybridized carbons (Fsp3) is 1.00.